The molecule has 0 radical (unpaired) electrons. The summed E-state index contributed by atoms with van der Waals surface area (Å²) in [7, 11) is 0. The van der Waals surface area contributed by atoms with Crippen LogP contribution in [0.4, 0.5) is 0 Å². The fourth-order valence-corrected chi connectivity index (χ4v) is 2.24. The second kappa shape index (κ2) is 8.82. The third-order valence-electron chi connectivity index (χ3n) is 3.41. The van der Waals surface area contributed by atoms with Gasteiger partial charge in [-0.05, 0) is 19.4 Å². The minimum absolute atomic E-state index is 0.512. The van der Waals surface area contributed by atoms with Gasteiger partial charge in [0.15, 0.2) is 0 Å². The van der Waals surface area contributed by atoms with E-state index in [1.807, 2.05) is 5.32 Å². The van der Waals surface area contributed by atoms with E-state index in [1.54, 1.807) is 0 Å². The van der Waals surface area contributed by atoms with Gasteiger partial charge < -0.3 is 31.9 Å². The molecule has 7 N–H and O–H groups in total. The van der Waals surface area contributed by atoms with Crippen LogP contribution in [-0.2, 0) is 24.0 Å². The fourth-order valence-electron chi connectivity index (χ4n) is 2.24. The molecule has 0 aliphatic carbocycles. The van der Waals surface area contributed by atoms with Crippen LogP contribution in [-0.4, -0.2) is 64.5 Å². The van der Waals surface area contributed by atoms with Gasteiger partial charge >= 0.3 is 11.9 Å². The fraction of sp³-hybridized carbons (Fsp3) is 0.615. The standard InChI is InChI=1S/C13H20N4O7/c14-9(18)4-7(16-11(21)6-2-1-3-15-6)12(22)17-8(13(23)24)5-10(19)20/h6-8,15H,1-5H2,(H2,14,18)(H,16,21)(H,17,22)(H,19,20)(H,23,24). The molecule has 0 aromatic heterocycles. The Bertz CT molecular complexity index is 530. The average Bonchev–Trinajstić information content (AvgIpc) is 2.98. The summed E-state index contributed by atoms with van der Waals surface area (Å²) in [4.78, 5) is 56.8. The Kier molecular flexibility index (Phi) is 7.11. The zero-order valence-corrected chi connectivity index (χ0v) is 12.8. The van der Waals surface area contributed by atoms with Gasteiger partial charge in [0.1, 0.15) is 12.1 Å². The van der Waals surface area contributed by atoms with Crippen molar-refractivity contribution >= 4 is 29.7 Å². The lowest BCUT2D eigenvalue weighted by atomic mass is 10.1. The van der Waals surface area contributed by atoms with Crippen molar-refractivity contribution in [1.29, 1.82) is 0 Å². The lowest BCUT2D eigenvalue weighted by Gasteiger charge is -2.21. The lowest BCUT2D eigenvalue weighted by molar-refractivity contribution is -0.147. The molecule has 1 aliphatic heterocycles. The SMILES string of the molecule is NC(=O)CC(NC(=O)C1CCCN1)C(=O)NC(CC(=O)O)C(=O)O. The van der Waals surface area contributed by atoms with Gasteiger partial charge in [0.05, 0.1) is 18.9 Å². The molecule has 3 atom stereocenters. The smallest absolute Gasteiger partial charge is 0.326 e. The summed E-state index contributed by atoms with van der Waals surface area (Å²) < 4.78 is 0. The first-order valence-corrected chi connectivity index (χ1v) is 7.27. The van der Waals surface area contributed by atoms with E-state index in [0.717, 1.165) is 6.42 Å². The number of primary amides is 1. The quantitative estimate of drug-likeness (QED) is 0.257. The van der Waals surface area contributed by atoms with Crippen molar-refractivity contribution in [3.63, 3.8) is 0 Å². The van der Waals surface area contributed by atoms with E-state index in [9.17, 15) is 24.0 Å². The van der Waals surface area contributed by atoms with Crippen molar-refractivity contribution in [2.45, 2.75) is 43.8 Å². The maximum Gasteiger partial charge on any atom is 0.326 e. The first-order valence-electron chi connectivity index (χ1n) is 7.27. The number of nitrogens with two attached hydrogens (primary N) is 1. The van der Waals surface area contributed by atoms with Crippen LogP contribution in [0.15, 0.2) is 0 Å². The highest BCUT2D eigenvalue weighted by atomic mass is 16.4. The highest BCUT2D eigenvalue weighted by Gasteiger charge is 2.31. The molecule has 0 aromatic rings. The summed E-state index contributed by atoms with van der Waals surface area (Å²) in [6.45, 7) is 0.643. The highest BCUT2D eigenvalue weighted by molar-refractivity contribution is 5.95. The first-order chi connectivity index (χ1) is 11.2. The summed E-state index contributed by atoms with van der Waals surface area (Å²) in [5.74, 6) is -5.35. The van der Waals surface area contributed by atoms with E-state index >= 15 is 0 Å². The van der Waals surface area contributed by atoms with E-state index < -0.39 is 60.6 Å². The molecular formula is C13H20N4O7. The van der Waals surface area contributed by atoms with Gasteiger partial charge in [-0.3, -0.25) is 19.2 Å². The number of nitrogens with one attached hydrogen (secondary N) is 3. The van der Waals surface area contributed by atoms with Crippen LogP contribution in [0, 0.1) is 0 Å². The van der Waals surface area contributed by atoms with Gasteiger partial charge in [0, 0.05) is 0 Å². The molecule has 1 heterocycles. The number of carbonyl (C=O) groups excluding carboxylic acids is 3. The number of rotatable bonds is 9. The molecule has 11 nitrogen and oxygen atoms in total. The highest BCUT2D eigenvalue weighted by Crippen LogP contribution is 2.06. The van der Waals surface area contributed by atoms with E-state index in [2.05, 4.69) is 10.6 Å². The predicted molar refractivity (Wildman–Crippen MR) is 78.6 cm³/mol. The third-order valence-corrected chi connectivity index (χ3v) is 3.41. The monoisotopic (exact) mass is 344 g/mol. The second-order valence-corrected chi connectivity index (χ2v) is 5.38. The topological polar surface area (TPSA) is 188 Å². The Labute approximate surface area is 136 Å². The Morgan fingerprint density at radius 3 is 2.21 bits per heavy atom. The molecule has 0 aromatic carbocycles. The minimum Gasteiger partial charge on any atom is -0.481 e. The minimum atomic E-state index is -1.69. The predicted octanol–water partition coefficient (Wildman–Crippen LogP) is -2.86. The van der Waals surface area contributed by atoms with Gasteiger partial charge in [-0.15, -0.1) is 0 Å². The van der Waals surface area contributed by atoms with Crippen molar-refractivity contribution in [1.82, 2.24) is 16.0 Å². The molecule has 11 heteroatoms. The zero-order valence-electron chi connectivity index (χ0n) is 12.8. The largest absolute Gasteiger partial charge is 0.481 e. The van der Waals surface area contributed by atoms with Gasteiger partial charge in [-0.1, -0.05) is 0 Å². The number of carbonyl (C=O) groups is 5. The Morgan fingerprint density at radius 2 is 1.75 bits per heavy atom. The van der Waals surface area contributed by atoms with Gasteiger partial charge in [-0.2, -0.15) is 0 Å². The molecular weight excluding hydrogens is 324 g/mol. The van der Waals surface area contributed by atoms with Crippen LogP contribution in [0.25, 0.3) is 0 Å². The molecule has 1 aliphatic rings. The molecule has 0 spiro atoms. The molecule has 1 saturated heterocycles. The van der Waals surface area contributed by atoms with Gasteiger partial charge in [0.25, 0.3) is 0 Å². The summed E-state index contributed by atoms with van der Waals surface area (Å²) in [6, 6.07) is -3.58. The van der Waals surface area contributed by atoms with Crippen LogP contribution >= 0.6 is 0 Å². The maximum absolute atomic E-state index is 12.1. The number of hydrogen-bond acceptors (Lipinski definition) is 6. The van der Waals surface area contributed by atoms with Crippen molar-refractivity contribution in [3.8, 4) is 0 Å². The van der Waals surface area contributed by atoms with Crippen molar-refractivity contribution in [2.75, 3.05) is 6.54 Å². The molecule has 0 saturated carbocycles. The van der Waals surface area contributed by atoms with Crippen molar-refractivity contribution in [2.24, 2.45) is 5.73 Å². The molecule has 1 rings (SSSR count). The normalized spacial score (nSPS) is 19.1. The van der Waals surface area contributed by atoms with Crippen LogP contribution in [0.1, 0.15) is 25.7 Å². The molecule has 1 fully saturated rings. The summed E-state index contributed by atoms with van der Waals surface area (Å²) in [5, 5.41) is 24.8. The van der Waals surface area contributed by atoms with E-state index in [1.165, 1.54) is 0 Å². The van der Waals surface area contributed by atoms with E-state index in [-0.39, 0.29) is 0 Å². The second-order valence-electron chi connectivity index (χ2n) is 5.38. The van der Waals surface area contributed by atoms with Crippen LogP contribution in [0.5, 0.6) is 0 Å². The maximum atomic E-state index is 12.1. The summed E-state index contributed by atoms with van der Waals surface area (Å²) in [5.41, 5.74) is 5.04. The van der Waals surface area contributed by atoms with Gasteiger partial charge in [0.2, 0.25) is 17.7 Å². The number of carboxylic acid groups (broad SMARTS) is 2. The number of carboxylic acids is 2. The Hall–Kier alpha value is -2.69. The number of hydrogen-bond donors (Lipinski definition) is 6. The Morgan fingerprint density at radius 1 is 1.08 bits per heavy atom. The van der Waals surface area contributed by atoms with Crippen LogP contribution in [0.3, 0.4) is 0 Å². The first kappa shape index (κ1) is 19.4. The average molecular weight is 344 g/mol. The lowest BCUT2D eigenvalue weighted by Crippen LogP contribution is -2.55. The van der Waals surface area contributed by atoms with Crippen LogP contribution < -0.4 is 21.7 Å². The van der Waals surface area contributed by atoms with Crippen molar-refractivity contribution < 1.29 is 34.2 Å². The Balaban J connectivity index is 2.75. The van der Waals surface area contributed by atoms with E-state index in [0.29, 0.717) is 13.0 Å². The number of aliphatic carboxylic acids is 2. The molecule has 3 unspecified atom stereocenters. The molecule has 24 heavy (non-hydrogen) atoms. The zero-order chi connectivity index (χ0) is 18.3. The molecule has 0 bridgehead atoms. The molecule has 3 amide bonds. The summed E-state index contributed by atoms with van der Waals surface area (Å²) in [6.07, 6.45) is -0.0375. The number of amides is 3. The third kappa shape index (κ3) is 6.20. The van der Waals surface area contributed by atoms with E-state index in [4.69, 9.17) is 15.9 Å². The van der Waals surface area contributed by atoms with Crippen molar-refractivity contribution in [3.05, 3.63) is 0 Å². The van der Waals surface area contributed by atoms with Crippen LogP contribution in [0.2, 0.25) is 0 Å². The summed E-state index contributed by atoms with van der Waals surface area (Å²) >= 11 is 0. The van der Waals surface area contributed by atoms with Gasteiger partial charge in [-0.25, -0.2) is 4.79 Å². The molecule has 134 valence electrons.